The second kappa shape index (κ2) is 8.10. The summed E-state index contributed by atoms with van der Waals surface area (Å²) in [6.07, 6.45) is 1.43. The third-order valence-electron chi connectivity index (χ3n) is 3.87. The number of rotatable bonds is 8. The lowest BCUT2D eigenvalue weighted by Gasteiger charge is -2.27. The Labute approximate surface area is 142 Å². The van der Waals surface area contributed by atoms with Gasteiger partial charge in [0.1, 0.15) is 0 Å². The highest BCUT2D eigenvalue weighted by molar-refractivity contribution is 7.89. The summed E-state index contributed by atoms with van der Waals surface area (Å²) in [5.41, 5.74) is 5.63. The average Bonchev–Trinajstić information content (AvgIpc) is 2.52. The zero-order chi connectivity index (χ0) is 17.7. The number of halogens is 1. The summed E-state index contributed by atoms with van der Waals surface area (Å²) in [5.74, 6) is -0.417. The van der Waals surface area contributed by atoms with Crippen LogP contribution in [0, 0.1) is 0 Å². The van der Waals surface area contributed by atoms with Crippen molar-refractivity contribution in [3.8, 4) is 0 Å². The fourth-order valence-electron chi connectivity index (χ4n) is 1.88. The van der Waals surface area contributed by atoms with Crippen molar-refractivity contribution in [1.29, 1.82) is 0 Å². The zero-order valence-corrected chi connectivity index (χ0v) is 15.2. The maximum absolute atomic E-state index is 12.2. The third-order valence-corrected chi connectivity index (χ3v) is 5.68. The molecule has 8 heteroatoms. The largest absolute Gasteiger partial charge is 0.353 e. The quantitative estimate of drug-likeness (QED) is 0.655. The van der Waals surface area contributed by atoms with Crippen LogP contribution in [0.2, 0.25) is 5.02 Å². The number of nitrogens with one attached hydrogen (secondary N) is 2. The molecule has 0 radical (unpaired) electrons. The first-order chi connectivity index (χ1) is 10.6. The van der Waals surface area contributed by atoms with Gasteiger partial charge in [0.2, 0.25) is 15.9 Å². The summed E-state index contributed by atoms with van der Waals surface area (Å²) >= 11 is 5.74. The van der Waals surface area contributed by atoms with Crippen LogP contribution >= 0.6 is 11.6 Å². The van der Waals surface area contributed by atoms with Crippen molar-refractivity contribution in [2.45, 2.75) is 50.1 Å². The Hall–Kier alpha value is -1.15. The number of carbonyl (C=O) groups is 1. The molecule has 6 nitrogen and oxygen atoms in total. The molecule has 1 aromatic rings. The first-order valence-electron chi connectivity index (χ1n) is 7.48. The molecule has 0 aliphatic rings. The Morgan fingerprint density at radius 2 is 1.78 bits per heavy atom. The van der Waals surface area contributed by atoms with Crippen LogP contribution in [0.15, 0.2) is 29.2 Å². The van der Waals surface area contributed by atoms with Gasteiger partial charge in [0.15, 0.2) is 0 Å². The van der Waals surface area contributed by atoms with Crippen LogP contribution in [-0.4, -0.2) is 32.5 Å². The van der Waals surface area contributed by atoms with Crippen molar-refractivity contribution >= 4 is 27.5 Å². The summed E-state index contributed by atoms with van der Waals surface area (Å²) in [7, 11) is -3.79. The molecule has 23 heavy (non-hydrogen) atoms. The van der Waals surface area contributed by atoms with Gasteiger partial charge in [0.05, 0.1) is 10.9 Å². The molecular weight excluding hydrogens is 338 g/mol. The van der Waals surface area contributed by atoms with E-state index in [4.69, 9.17) is 17.3 Å². The van der Waals surface area contributed by atoms with E-state index in [1.54, 1.807) is 0 Å². The normalized spacial score (nSPS) is 13.6. The second-order valence-corrected chi connectivity index (χ2v) is 7.73. The predicted molar refractivity (Wildman–Crippen MR) is 91.7 cm³/mol. The van der Waals surface area contributed by atoms with E-state index in [1.807, 2.05) is 13.8 Å². The number of sulfonamides is 1. The topological polar surface area (TPSA) is 101 Å². The van der Waals surface area contributed by atoms with Crippen LogP contribution in [0.4, 0.5) is 0 Å². The summed E-state index contributed by atoms with van der Waals surface area (Å²) in [6, 6.07) is 4.81. The molecule has 0 aromatic heterocycles. The molecule has 4 N–H and O–H groups in total. The molecule has 0 heterocycles. The van der Waals surface area contributed by atoms with Crippen molar-refractivity contribution in [2.24, 2.45) is 5.73 Å². The Morgan fingerprint density at radius 1 is 1.26 bits per heavy atom. The fraction of sp³-hybridized carbons (Fsp3) is 0.533. The molecular formula is C15H24ClN3O3S. The molecule has 0 aliphatic carbocycles. The predicted octanol–water partition coefficient (Wildman–Crippen LogP) is 1.64. The standard InChI is InChI=1S/C15H24ClN3O3S/c1-4-15(17,5-2)10-18-14(20)11(3)19-23(21,22)13-8-6-12(16)7-9-13/h6-9,11,19H,4-5,10,17H2,1-3H3,(H,18,20). The van der Waals surface area contributed by atoms with Gasteiger partial charge in [-0.2, -0.15) is 4.72 Å². The van der Waals surface area contributed by atoms with Crippen LogP contribution in [0.5, 0.6) is 0 Å². The molecule has 0 spiro atoms. The number of hydrogen-bond acceptors (Lipinski definition) is 4. The number of amides is 1. The molecule has 0 fully saturated rings. The van der Waals surface area contributed by atoms with Gasteiger partial charge in [-0.1, -0.05) is 25.4 Å². The molecule has 0 saturated carbocycles. The van der Waals surface area contributed by atoms with E-state index in [2.05, 4.69) is 10.0 Å². The average molecular weight is 362 g/mol. The summed E-state index contributed by atoms with van der Waals surface area (Å²) < 4.78 is 26.8. The molecule has 0 aliphatic heterocycles. The maximum Gasteiger partial charge on any atom is 0.241 e. The summed E-state index contributed by atoms with van der Waals surface area (Å²) in [6.45, 7) is 5.68. The summed E-state index contributed by atoms with van der Waals surface area (Å²) in [5, 5.41) is 3.13. The number of hydrogen-bond donors (Lipinski definition) is 3. The summed E-state index contributed by atoms with van der Waals surface area (Å²) in [4.78, 5) is 12.1. The smallest absolute Gasteiger partial charge is 0.241 e. The molecule has 1 unspecified atom stereocenters. The van der Waals surface area contributed by atoms with E-state index >= 15 is 0 Å². The minimum Gasteiger partial charge on any atom is -0.353 e. The van der Waals surface area contributed by atoms with E-state index in [9.17, 15) is 13.2 Å². The van der Waals surface area contributed by atoms with Gasteiger partial charge in [0.25, 0.3) is 0 Å². The minimum absolute atomic E-state index is 0.0526. The SMILES string of the molecule is CCC(N)(CC)CNC(=O)C(C)NS(=O)(=O)c1ccc(Cl)cc1. The van der Waals surface area contributed by atoms with E-state index in [0.29, 0.717) is 24.4 Å². The Kier molecular flexibility index (Phi) is 7.01. The molecule has 1 rings (SSSR count). The van der Waals surface area contributed by atoms with E-state index in [1.165, 1.54) is 31.2 Å². The molecule has 1 aromatic carbocycles. The van der Waals surface area contributed by atoms with E-state index < -0.39 is 27.5 Å². The van der Waals surface area contributed by atoms with Crippen LogP contribution in [0.25, 0.3) is 0 Å². The lowest BCUT2D eigenvalue weighted by atomic mass is 9.94. The van der Waals surface area contributed by atoms with Gasteiger partial charge in [-0.15, -0.1) is 0 Å². The Balaban J connectivity index is 2.69. The van der Waals surface area contributed by atoms with Crippen molar-refractivity contribution in [3.05, 3.63) is 29.3 Å². The van der Waals surface area contributed by atoms with Crippen molar-refractivity contribution in [3.63, 3.8) is 0 Å². The minimum atomic E-state index is -3.79. The van der Waals surface area contributed by atoms with Gasteiger partial charge in [-0.05, 0) is 44.0 Å². The van der Waals surface area contributed by atoms with Crippen molar-refractivity contribution < 1.29 is 13.2 Å². The molecule has 1 atom stereocenters. The lowest BCUT2D eigenvalue weighted by molar-refractivity contribution is -0.122. The van der Waals surface area contributed by atoms with Gasteiger partial charge in [0, 0.05) is 17.1 Å². The van der Waals surface area contributed by atoms with Gasteiger partial charge in [-0.3, -0.25) is 4.79 Å². The Bertz CT molecular complexity index is 628. The van der Waals surface area contributed by atoms with Crippen LogP contribution in [-0.2, 0) is 14.8 Å². The first kappa shape index (κ1) is 19.9. The number of benzene rings is 1. The van der Waals surface area contributed by atoms with Crippen LogP contribution < -0.4 is 15.8 Å². The third kappa shape index (κ3) is 5.76. The molecule has 0 bridgehead atoms. The monoisotopic (exact) mass is 361 g/mol. The Morgan fingerprint density at radius 3 is 2.26 bits per heavy atom. The highest BCUT2D eigenvalue weighted by Gasteiger charge is 2.25. The zero-order valence-electron chi connectivity index (χ0n) is 13.6. The first-order valence-corrected chi connectivity index (χ1v) is 9.34. The van der Waals surface area contributed by atoms with Crippen LogP contribution in [0.3, 0.4) is 0 Å². The maximum atomic E-state index is 12.2. The van der Waals surface area contributed by atoms with Crippen molar-refractivity contribution in [2.75, 3.05) is 6.54 Å². The van der Waals surface area contributed by atoms with Gasteiger partial charge < -0.3 is 11.1 Å². The number of nitrogens with two attached hydrogens (primary N) is 1. The van der Waals surface area contributed by atoms with Gasteiger partial charge in [-0.25, -0.2) is 8.42 Å². The second-order valence-electron chi connectivity index (χ2n) is 5.58. The molecule has 130 valence electrons. The molecule has 1 amide bonds. The van der Waals surface area contributed by atoms with E-state index in [-0.39, 0.29) is 4.90 Å². The highest BCUT2D eigenvalue weighted by Crippen LogP contribution is 2.14. The van der Waals surface area contributed by atoms with E-state index in [0.717, 1.165) is 0 Å². The number of carbonyl (C=O) groups excluding carboxylic acids is 1. The fourth-order valence-corrected chi connectivity index (χ4v) is 3.21. The lowest BCUT2D eigenvalue weighted by Crippen LogP contribution is -2.53. The van der Waals surface area contributed by atoms with Crippen molar-refractivity contribution in [1.82, 2.24) is 10.0 Å². The van der Waals surface area contributed by atoms with Gasteiger partial charge >= 0.3 is 0 Å². The molecule has 0 saturated heterocycles. The van der Waals surface area contributed by atoms with Crippen LogP contribution in [0.1, 0.15) is 33.6 Å². The highest BCUT2D eigenvalue weighted by atomic mass is 35.5.